The molecule has 2 N–H and O–H groups in total. The van der Waals surface area contributed by atoms with Crippen LogP contribution in [0.4, 0.5) is 4.39 Å². The largest absolute Gasteiger partial charge is 0.381 e. The van der Waals surface area contributed by atoms with Crippen molar-refractivity contribution in [3.05, 3.63) is 71.0 Å². The molecule has 6 heteroatoms. The van der Waals surface area contributed by atoms with Gasteiger partial charge in [0.05, 0.1) is 6.54 Å². The first-order valence-corrected chi connectivity index (χ1v) is 10.7. The molecule has 0 atom stereocenters. The number of nitrogens with one attached hydrogen (secondary N) is 2. The minimum atomic E-state index is -0.297. The zero-order chi connectivity index (χ0) is 22.5. The van der Waals surface area contributed by atoms with Crippen molar-refractivity contribution in [3.8, 4) is 0 Å². The second-order valence-corrected chi connectivity index (χ2v) is 9.19. The molecule has 0 aliphatic carbocycles. The molecule has 0 aromatic heterocycles. The molecule has 0 spiro atoms. The minimum Gasteiger partial charge on any atom is -0.381 e. The Kier molecular flexibility index (Phi) is 7.11. The van der Waals surface area contributed by atoms with E-state index in [0.29, 0.717) is 25.3 Å². The number of carbonyl (C=O) groups excluding carboxylic acids is 2. The van der Waals surface area contributed by atoms with E-state index in [1.165, 1.54) is 12.1 Å². The monoisotopic (exact) mass is 426 g/mol. The number of rotatable bonds is 6. The number of amides is 2. The summed E-state index contributed by atoms with van der Waals surface area (Å²) in [5, 5.41) is 5.62. The molecular formula is C25H31FN2O3. The molecule has 0 radical (unpaired) electrons. The van der Waals surface area contributed by atoms with Gasteiger partial charge in [-0.05, 0) is 53.6 Å². The highest BCUT2D eigenvalue weighted by Gasteiger charge is 2.34. The van der Waals surface area contributed by atoms with Crippen LogP contribution in [0, 0.1) is 5.82 Å². The summed E-state index contributed by atoms with van der Waals surface area (Å²) in [4.78, 5) is 24.8. The van der Waals surface area contributed by atoms with Crippen molar-refractivity contribution in [3.63, 3.8) is 0 Å². The van der Waals surface area contributed by atoms with Crippen LogP contribution >= 0.6 is 0 Å². The summed E-state index contributed by atoms with van der Waals surface area (Å²) in [5.74, 6) is -0.823. The maximum atomic E-state index is 13.4. The van der Waals surface area contributed by atoms with Crippen molar-refractivity contribution in [1.82, 2.24) is 10.6 Å². The lowest BCUT2D eigenvalue weighted by Gasteiger charge is -2.38. The molecule has 1 fully saturated rings. The lowest BCUT2D eigenvalue weighted by molar-refractivity contribution is -0.120. The summed E-state index contributed by atoms with van der Waals surface area (Å²) in [5.41, 5.74) is 2.37. The van der Waals surface area contributed by atoms with E-state index in [9.17, 15) is 14.0 Å². The van der Waals surface area contributed by atoms with E-state index in [1.807, 2.05) is 12.1 Å². The Bertz CT molecular complexity index is 896. The third-order valence-corrected chi connectivity index (χ3v) is 5.95. The molecule has 1 aliphatic rings. The van der Waals surface area contributed by atoms with E-state index < -0.39 is 0 Å². The average molecular weight is 427 g/mol. The topological polar surface area (TPSA) is 67.4 Å². The number of hydrogen-bond donors (Lipinski definition) is 2. The van der Waals surface area contributed by atoms with E-state index in [4.69, 9.17) is 4.74 Å². The van der Waals surface area contributed by atoms with Crippen LogP contribution in [-0.4, -0.2) is 38.1 Å². The van der Waals surface area contributed by atoms with Crippen LogP contribution < -0.4 is 10.6 Å². The number of carbonyl (C=O) groups is 2. The summed E-state index contributed by atoms with van der Waals surface area (Å²) in [7, 11) is 0. The van der Waals surface area contributed by atoms with E-state index in [0.717, 1.165) is 24.0 Å². The normalized spacial score (nSPS) is 15.9. The first-order valence-electron chi connectivity index (χ1n) is 10.7. The summed E-state index contributed by atoms with van der Waals surface area (Å²) >= 11 is 0. The molecule has 31 heavy (non-hydrogen) atoms. The van der Waals surface area contributed by atoms with Gasteiger partial charge in [0.15, 0.2) is 0 Å². The molecular weight excluding hydrogens is 395 g/mol. The van der Waals surface area contributed by atoms with Gasteiger partial charge in [-0.15, -0.1) is 0 Å². The molecule has 1 aliphatic heterocycles. The lowest BCUT2D eigenvalue weighted by Crippen LogP contribution is -2.47. The first kappa shape index (κ1) is 22.9. The van der Waals surface area contributed by atoms with Gasteiger partial charge in [-0.1, -0.05) is 45.0 Å². The second kappa shape index (κ2) is 9.60. The van der Waals surface area contributed by atoms with Crippen LogP contribution in [0.2, 0.25) is 0 Å². The fourth-order valence-electron chi connectivity index (χ4n) is 3.85. The Morgan fingerprint density at radius 2 is 1.58 bits per heavy atom. The Balaban J connectivity index is 1.56. The van der Waals surface area contributed by atoms with Gasteiger partial charge in [-0.3, -0.25) is 9.59 Å². The first-order chi connectivity index (χ1) is 14.7. The van der Waals surface area contributed by atoms with Crippen LogP contribution in [0.3, 0.4) is 0 Å². The van der Waals surface area contributed by atoms with Crippen LogP contribution in [0.15, 0.2) is 48.5 Å². The molecule has 0 saturated carbocycles. The Hall–Kier alpha value is -2.73. The second-order valence-electron chi connectivity index (χ2n) is 9.19. The molecule has 2 aromatic rings. The van der Waals surface area contributed by atoms with E-state index >= 15 is 0 Å². The zero-order valence-corrected chi connectivity index (χ0v) is 18.5. The Labute approximate surface area is 183 Å². The quantitative estimate of drug-likeness (QED) is 0.740. The molecule has 166 valence electrons. The molecule has 0 bridgehead atoms. The van der Waals surface area contributed by atoms with Gasteiger partial charge in [0.1, 0.15) is 5.82 Å². The van der Waals surface area contributed by atoms with Crippen molar-refractivity contribution in [2.75, 3.05) is 26.3 Å². The molecule has 3 rings (SSSR count). The molecule has 0 unspecified atom stereocenters. The number of halogens is 1. The van der Waals surface area contributed by atoms with Crippen molar-refractivity contribution in [2.45, 2.75) is 44.4 Å². The van der Waals surface area contributed by atoms with Crippen molar-refractivity contribution >= 4 is 11.8 Å². The van der Waals surface area contributed by atoms with Crippen LogP contribution in [0.1, 0.15) is 55.1 Å². The van der Waals surface area contributed by atoms with Crippen LogP contribution in [-0.2, 0) is 20.4 Å². The summed E-state index contributed by atoms with van der Waals surface area (Å²) in [6.07, 6.45) is 1.48. The van der Waals surface area contributed by atoms with Gasteiger partial charge in [-0.25, -0.2) is 4.39 Å². The predicted molar refractivity (Wildman–Crippen MR) is 119 cm³/mol. The van der Waals surface area contributed by atoms with Crippen LogP contribution in [0.5, 0.6) is 0 Å². The maximum absolute atomic E-state index is 13.4. The Morgan fingerprint density at radius 3 is 2.16 bits per heavy atom. The third-order valence-electron chi connectivity index (χ3n) is 5.95. The molecule has 2 amide bonds. The van der Waals surface area contributed by atoms with Gasteiger partial charge in [0, 0.05) is 30.7 Å². The predicted octanol–water partition coefficient (Wildman–Crippen LogP) is 3.72. The van der Waals surface area contributed by atoms with Crippen molar-refractivity contribution in [2.24, 2.45) is 0 Å². The van der Waals surface area contributed by atoms with E-state index in [1.54, 1.807) is 24.3 Å². The van der Waals surface area contributed by atoms with E-state index in [2.05, 4.69) is 31.4 Å². The molecule has 1 heterocycles. The summed E-state index contributed by atoms with van der Waals surface area (Å²) in [6.45, 7) is 7.84. The SMILES string of the molecule is CC(C)(C)c1ccc(C(=O)NCC(=O)NCC2(c3ccc(F)cc3)CCOCC2)cc1. The standard InChI is InChI=1S/C25H31FN2O3/c1-24(2,3)19-6-4-18(5-7-19)23(30)27-16-22(29)28-17-25(12-14-31-15-13-25)20-8-10-21(26)11-9-20/h4-11H,12-17H2,1-3H3,(H,27,30)(H,28,29). The van der Waals surface area contributed by atoms with Crippen molar-refractivity contribution in [1.29, 1.82) is 0 Å². The van der Waals surface area contributed by atoms with Gasteiger partial charge in [0.2, 0.25) is 5.91 Å². The number of hydrogen-bond acceptors (Lipinski definition) is 3. The number of ether oxygens (including phenoxy) is 1. The fraction of sp³-hybridized carbons (Fsp3) is 0.440. The van der Waals surface area contributed by atoms with Gasteiger partial charge >= 0.3 is 0 Å². The Morgan fingerprint density at radius 1 is 0.968 bits per heavy atom. The highest BCUT2D eigenvalue weighted by molar-refractivity contribution is 5.96. The third kappa shape index (κ3) is 5.91. The van der Waals surface area contributed by atoms with Crippen LogP contribution in [0.25, 0.3) is 0 Å². The zero-order valence-electron chi connectivity index (χ0n) is 18.5. The molecule has 5 nitrogen and oxygen atoms in total. The van der Waals surface area contributed by atoms with Gasteiger partial charge < -0.3 is 15.4 Å². The van der Waals surface area contributed by atoms with Gasteiger partial charge in [-0.2, -0.15) is 0 Å². The highest BCUT2D eigenvalue weighted by Crippen LogP contribution is 2.34. The maximum Gasteiger partial charge on any atom is 0.251 e. The number of benzene rings is 2. The smallest absolute Gasteiger partial charge is 0.251 e. The average Bonchev–Trinajstić information content (AvgIpc) is 2.76. The summed E-state index contributed by atoms with van der Waals surface area (Å²) < 4.78 is 18.8. The highest BCUT2D eigenvalue weighted by atomic mass is 19.1. The minimum absolute atomic E-state index is 0.0134. The van der Waals surface area contributed by atoms with Gasteiger partial charge in [0.25, 0.3) is 5.91 Å². The van der Waals surface area contributed by atoms with E-state index in [-0.39, 0.29) is 35.0 Å². The summed E-state index contributed by atoms with van der Waals surface area (Å²) in [6, 6.07) is 13.9. The molecule has 1 saturated heterocycles. The molecule has 2 aromatic carbocycles. The lowest BCUT2D eigenvalue weighted by atomic mass is 9.74. The van der Waals surface area contributed by atoms with Crippen molar-refractivity contribution < 1.29 is 18.7 Å². The fourth-order valence-corrected chi connectivity index (χ4v) is 3.85.